The van der Waals surface area contributed by atoms with Crippen molar-refractivity contribution in [2.75, 3.05) is 33.6 Å². The van der Waals surface area contributed by atoms with Crippen molar-refractivity contribution in [2.45, 2.75) is 6.92 Å². The molecule has 0 atom stereocenters. The van der Waals surface area contributed by atoms with Gasteiger partial charge in [-0.25, -0.2) is 0 Å². The molecule has 1 N–H and O–H groups in total. The summed E-state index contributed by atoms with van der Waals surface area (Å²) in [5.41, 5.74) is 2.08. The van der Waals surface area contributed by atoms with Crippen molar-refractivity contribution < 1.29 is 19.1 Å². The number of carbonyl (C=O) groups is 2. The van der Waals surface area contributed by atoms with E-state index in [1.807, 2.05) is 6.92 Å². The Bertz CT molecular complexity index is 800. The van der Waals surface area contributed by atoms with Crippen LogP contribution in [-0.4, -0.2) is 45.0 Å². The summed E-state index contributed by atoms with van der Waals surface area (Å²) >= 11 is 0. The summed E-state index contributed by atoms with van der Waals surface area (Å²) in [6.45, 7) is 1.81. The zero-order valence-electron chi connectivity index (χ0n) is 15.0. The van der Waals surface area contributed by atoms with E-state index in [2.05, 4.69) is 5.32 Å². The number of para-hydroxylation sites is 1. The Morgan fingerprint density at radius 3 is 2.16 bits per heavy atom. The van der Waals surface area contributed by atoms with Crippen LogP contribution < -0.4 is 14.8 Å². The lowest BCUT2D eigenvalue weighted by Gasteiger charge is -2.16. The van der Waals surface area contributed by atoms with E-state index in [1.165, 1.54) is 12.0 Å². The summed E-state index contributed by atoms with van der Waals surface area (Å²) in [5.74, 6) is 0.521. The SMILES string of the molecule is COc1cc(C)c(C(=O)Nc2ccccc2C(=O)N(C)C)cc1OC. The Labute approximate surface area is 147 Å². The van der Waals surface area contributed by atoms with E-state index in [9.17, 15) is 9.59 Å². The fourth-order valence-corrected chi connectivity index (χ4v) is 2.43. The molecule has 6 nitrogen and oxygen atoms in total. The molecule has 0 aliphatic rings. The third-order valence-corrected chi connectivity index (χ3v) is 3.79. The van der Waals surface area contributed by atoms with E-state index in [0.717, 1.165) is 5.56 Å². The van der Waals surface area contributed by atoms with Crippen LogP contribution in [0.3, 0.4) is 0 Å². The maximum Gasteiger partial charge on any atom is 0.256 e. The van der Waals surface area contributed by atoms with Gasteiger partial charge in [0.15, 0.2) is 11.5 Å². The van der Waals surface area contributed by atoms with Crippen molar-refractivity contribution in [3.8, 4) is 11.5 Å². The van der Waals surface area contributed by atoms with Crippen molar-refractivity contribution in [2.24, 2.45) is 0 Å². The number of carbonyl (C=O) groups excluding carboxylic acids is 2. The molecule has 2 amide bonds. The number of nitrogens with one attached hydrogen (secondary N) is 1. The van der Waals surface area contributed by atoms with E-state index in [0.29, 0.717) is 28.3 Å². The number of ether oxygens (including phenoxy) is 2. The maximum atomic E-state index is 12.7. The molecule has 0 fully saturated rings. The predicted octanol–water partition coefficient (Wildman–Crippen LogP) is 2.97. The number of hydrogen-bond acceptors (Lipinski definition) is 4. The molecule has 25 heavy (non-hydrogen) atoms. The van der Waals surface area contributed by atoms with Gasteiger partial charge in [0.05, 0.1) is 25.5 Å². The van der Waals surface area contributed by atoms with E-state index >= 15 is 0 Å². The fraction of sp³-hybridized carbons (Fsp3) is 0.263. The number of amides is 2. The van der Waals surface area contributed by atoms with Crippen molar-refractivity contribution in [1.29, 1.82) is 0 Å². The zero-order valence-corrected chi connectivity index (χ0v) is 15.0. The molecule has 0 aliphatic heterocycles. The van der Waals surface area contributed by atoms with Gasteiger partial charge in [0, 0.05) is 19.7 Å². The smallest absolute Gasteiger partial charge is 0.256 e. The molecule has 0 aliphatic carbocycles. The number of benzene rings is 2. The number of aryl methyl sites for hydroxylation is 1. The van der Waals surface area contributed by atoms with E-state index in [1.54, 1.807) is 57.6 Å². The average molecular weight is 342 g/mol. The molecule has 0 heterocycles. The topological polar surface area (TPSA) is 67.9 Å². The Morgan fingerprint density at radius 1 is 0.960 bits per heavy atom. The van der Waals surface area contributed by atoms with Gasteiger partial charge in [0.1, 0.15) is 0 Å². The second-order valence-electron chi connectivity index (χ2n) is 5.72. The minimum Gasteiger partial charge on any atom is -0.493 e. The zero-order chi connectivity index (χ0) is 18.6. The van der Waals surface area contributed by atoms with Crippen LogP contribution in [0.15, 0.2) is 36.4 Å². The second-order valence-corrected chi connectivity index (χ2v) is 5.72. The highest BCUT2D eigenvalue weighted by molar-refractivity contribution is 6.09. The molecular formula is C19H22N2O4. The Balaban J connectivity index is 2.37. The molecule has 132 valence electrons. The predicted molar refractivity (Wildman–Crippen MR) is 96.7 cm³/mol. The van der Waals surface area contributed by atoms with Crippen LogP contribution in [0, 0.1) is 6.92 Å². The number of rotatable bonds is 5. The first-order valence-corrected chi connectivity index (χ1v) is 7.73. The molecule has 0 saturated carbocycles. The second kappa shape index (κ2) is 7.70. The van der Waals surface area contributed by atoms with Gasteiger partial charge in [-0.3, -0.25) is 9.59 Å². The van der Waals surface area contributed by atoms with Crippen LogP contribution in [0.2, 0.25) is 0 Å². The van der Waals surface area contributed by atoms with Crippen molar-refractivity contribution in [3.05, 3.63) is 53.1 Å². The lowest BCUT2D eigenvalue weighted by Crippen LogP contribution is -2.24. The van der Waals surface area contributed by atoms with Crippen LogP contribution in [0.5, 0.6) is 11.5 Å². The monoisotopic (exact) mass is 342 g/mol. The summed E-state index contributed by atoms with van der Waals surface area (Å²) in [4.78, 5) is 26.5. The number of anilines is 1. The molecule has 2 rings (SSSR count). The van der Waals surface area contributed by atoms with Crippen molar-refractivity contribution in [1.82, 2.24) is 4.90 Å². The molecule has 0 bridgehead atoms. The largest absolute Gasteiger partial charge is 0.493 e. The molecule has 0 saturated heterocycles. The van der Waals surface area contributed by atoms with Gasteiger partial charge in [-0.15, -0.1) is 0 Å². The van der Waals surface area contributed by atoms with Crippen LogP contribution >= 0.6 is 0 Å². The first kappa shape index (κ1) is 18.3. The standard InChI is InChI=1S/C19H22N2O4/c1-12-10-16(24-4)17(25-5)11-14(12)18(22)20-15-9-7-6-8-13(15)19(23)21(2)3/h6-11H,1-5H3,(H,20,22). The highest BCUT2D eigenvalue weighted by atomic mass is 16.5. The lowest BCUT2D eigenvalue weighted by molar-refractivity contribution is 0.0828. The van der Waals surface area contributed by atoms with E-state index < -0.39 is 0 Å². The highest BCUT2D eigenvalue weighted by Gasteiger charge is 2.18. The number of hydrogen-bond donors (Lipinski definition) is 1. The lowest BCUT2D eigenvalue weighted by atomic mass is 10.1. The summed E-state index contributed by atoms with van der Waals surface area (Å²) in [6, 6.07) is 10.3. The molecule has 0 spiro atoms. The summed E-state index contributed by atoms with van der Waals surface area (Å²) in [6.07, 6.45) is 0. The molecule has 0 aromatic heterocycles. The van der Waals surface area contributed by atoms with Gasteiger partial charge in [0.2, 0.25) is 0 Å². The molecule has 0 radical (unpaired) electrons. The summed E-state index contributed by atoms with van der Waals surface area (Å²) < 4.78 is 10.5. The van der Waals surface area contributed by atoms with Gasteiger partial charge < -0.3 is 19.7 Å². The average Bonchev–Trinajstić information content (AvgIpc) is 2.60. The Hall–Kier alpha value is -3.02. The van der Waals surface area contributed by atoms with Crippen molar-refractivity contribution in [3.63, 3.8) is 0 Å². The molecular weight excluding hydrogens is 320 g/mol. The quantitative estimate of drug-likeness (QED) is 0.907. The summed E-state index contributed by atoms with van der Waals surface area (Å²) in [5, 5.41) is 2.81. The third-order valence-electron chi connectivity index (χ3n) is 3.79. The first-order valence-electron chi connectivity index (χ1n) is 7.73. The van der Waals surface area contributed by atoms with E-state index in [-0.39, 0.29) is 11.8 Å². The van der Waals surface area contributed by atoms with Gasteiger partial charge in [-0.2, -0.15) is 0 Å². The van der Waals surface area contributed by atoms with Crippen LogP contribution in [0.25, 0.3) is 0 Å². The number of methoxy groups -OCH3 is 2. The maximum absolute atomic E-state index is 12.7. The summed E-state index contributed by atoms with van der Waals surface area (Å²) in [7, 11) is 6.39. The Morgan fingerprint density at radius 2 is 1.56 bits per heavy atom. The third kappa shape index (κ3) is 3.91. The van der Waals surface area contributed by atoms with Crippen molar-refractivity contribution >= 4 is 17.5 Å². The van der Waals surface area contributed by atoms with Gasteiger partial charge in [0.25, 0.3) is 11.8 Å². The number of nitrogens with zero attached hydrogens (tertiary/aromatic N) is 1. The minimum absolute atomic E-state index is 0.181. The van der Waals surface area contributed by atoms with E-state index in [4.69, 9.17) is 9.47 Å². The Kier molecular flexibility index (Phi) is 5.64. The van der Waals surface area contributed by atoms with Crippen LogP contribution in [0.4, 0.5) is 5.69 Å². The van der Waals surface area contributed by atoms with Gasteiger partial charge in [-0.05, 0) is 36.8 Å². The first-order chi connectivity index (χ1) is 11.9. The molecule has 0 unspecified atom stereocenters. The minimum atomic E-state index is -0.322. The normalized spacial score (nSPS) is 10.1. The van der Waals surface area contributed by atoms with Gasteiger partial charge >= 0.3 is 0 Å². The van der Waals surface area contributed by atoms with Crippen LogP contribution in [0.1, 0.15) is 26.3 Å². The molecule has 6 heteroatoms. The van der Waals surface area contributed by atoms with Crippen LogP contribution in [-0.2, 0) is 0 Å². The molecule has 2 aromatic carbocycles. The highest BCUT2D eigenvalue weighted by Crippen LogP contribution is 2.30. The fourth-order valence-electron chi connectivity index (χ4n) is 2.43. The van der Waals surface area contributed by atoms with Gasteiger partial charge in [-0.1, -0.05) is 12.1 Å². The molecule has 2 aromatic rings.